The van der Waals surface area contributed by atoms with Gasteiger partial charge >= 0.3 is 0 Å². The van der Waals surface area contributed by atoms with E-state index in [4.69, 9.17) is 10.2 Å². The first-order chi connectivity index (χ1) is 5.66. The highest BCUT2D eigenvalue weighted by atomic mass is 16.3. The van der Waals surface area contributed by atoms with Gasteiger partial charge in [-0.15, -0.1) is 0 Å². The molecule has 1 amide bonds. The fraction of sp³-hybridized carbons (Fsp3) is 0.375. The number of amides is 1. The molecule has 1 heterocycles. The molecule has 0 aliphatic carbocycles. The van der Waals surface area contributed by atoms with Gasteiger partial charge in [0.1, 0.15) is 5.56 Å². The van der Waals surface area contributed by atoms with Crippen LogP contribution in [0.1, 0.15) is 17.3 Å². The van der Waals surface area contributed by atoms with E-state index in [0.717, 1.165) is 0 Å². The van der Waals surface area contributed by atoms with E-state index in [1.165, 1.54) is 6.26 Å². The van der Waals surface area contributed by atoms with Crippen molar-refractivity contribution in [1.29, 1.82) is 0 Å². The molecule has 1 aromatic rings. The predicted molar refractivity (Wildman–Crippen MR) is 45.8 cm³/mol. The van der Waals surface area contributed by atoms with Gasteiger partial charge in [-0.1, -0.05) is 0 Å². The van der Waals surface area contributed by atoms with E-state index in [9.17, 15) is 4.79 Å². The summed E-state index contributed by atoms with van der Waals surface area (Å²) >= 11 is 0. The van der Waals surface area contributed by atoms with Crippen molar-refractivity contribution in [3.05, 3.63) is 17.9 Å². The first-order valence-corrected chi connectivity index (χ1v) is 3.75. The van der Waals surface area contributed by atoms with Crippen molar-refractivity contribution in [3.8, 4) is 0 Å². The molecule has 0 saturated heterocycles. The Hall–Kier alpha value is -1.45. The zero-order chi connectivity index (χ0) is 9.14. The largest absolute Gasteiger partial charge is 0.448 e. The first-order valence-electron chi connectivity index (χ1n) is 3.75. The monoisotopic (exact) mass is 168 g/mol. The van der Waals surface area contributed by atoms with Gasteiger partial charge in [0, 0.05) is 13.6 Å². The molecule has 4 nitrogen and oxygen atoms in total. The zero-order valence-electron chi connectivity index (χ0n) is 7.20. The highest BCUT2D eigenvalue weighted by molar-refractivity contribution is 5.97. The van der Waals surface area contributed by atoms with Crippen LogP contribution in [0.2, 0.25) is 0 Å². The Labute approximate surface area is 70.9 Å². The Kier molecular flexibility index (Phi) is 2.38. The summed E-state index contributed by atoms with van der Waals surface area (Å²) in [6, 6.07) is 1.57. The van der Waals surface area contributed by atoms with Gasteiger partial charge in [-0.05, 0) is 13.0 Å². The second kappa shape index (κ2) is 3.30. The molecule has 4 heteroatoms. The highest BCUT2D eigenvalue weighted by Gasteiger charge is 2.14. The number of rotatable bonds is 2. The molecule has 1 aromatic heterocycles. The van der Waals surface area contributed by atoms with Crippen LogP contribution in [-0.4, -0.2) is 24.4 Å². The van der Waals surface area contributed by atoms with Crippen LogP contribution in [0.5, 0.6) is 0 Å². The summed E-state index contributed by atoms with van der Waals surface area (Å²) in [6.07, 6.45) is 1.41. The second-order valence-electron chi connectivity index (χ2n) is 2.52. The molecule has 0 aromatic carbocycles. The van der Waals surface area contributed by atoms with Crippen LogP contribution in [-0.2, 0) is 0 Å². The molecule has 0 bridgehead atoms. The molecule has 0 saturated carbocycles. The smallest absolute Gasteiger partial charge is 0.259 e. The number of hydrogen-bond acceptors (Lipinski definition) is 3. The summed E-state index contributed by atoms with van der Waals surface area (Å²) in [4.78, 5) is 13.0. The first kappa shape index (κ1) is 8.64. The van der Waals surface area contributed by atoms with Crippen molar-refractivity contribution in [2.75, 3.05) is 19.3 Å². The maximum atomic E-state index is 11.4. The third-order valence-corrected chi connectivity index (χ3v) is 1.75. The van der Waals surface area contributed by atoms with Gasteiger partial charge in [-0.3, -0.25) is 4.79 Å². The highest BCUT2D eigenvalue weighted by Crippen LogP contribution is 2.13. The third-order valence-electron chi connectivity index (χ3n) is 1.75. The molecule has 2 N–H and O–H groups in total. The Morgan fingerprint density at radius 2 is 2.42 bits per heavy atom. The lowest BCUT2D eigenvalue weighted by Crippen LogP contribution is -2.26. The Bertz CT molecular complexity index is 280. The van der Waals surface area contributed by atoms with Crippen LogP contribution in [0.15, 0.2) is 16.7 Å². The lowest BCUT2D eigenvalue weighted by atomic mass is 10.3. The molecular formula is C8H12N2O2. The Morgan fingerprint density at radius 3 is 2.83 bits per heavy atom. The fourth-order valence-electron chi connectivity index (χ4n) is 0.847. The van der Waals surface area contributed by atoms with Crippen molar-refractivity contribution in [1.82, 2.24) is 4.90 Å². The average Bonchev–Trinajstić information content (AvgIpc) is 2.48. The van der Waals surface area contributed by atoms with Gasteiger partial charge in [0.25, 0.3) is 5.91 Å². The van der Waals surface area contributed by atoms with Crippen LogP contribution in [0.4, 0.5) is 5.88 Å². The summed E-state index contributed by atoms with van der Waals surface area (Å²) in [5.74, 6) is 0.0732. The molecule has 1 rings (SSSR count). The summed E-state index contributed by atoms with van der Waals surface area (Å²) in [5, 5.41) is 0. The predicted octanol–water partition coefficient (Wildman–Crippen LogP) is 0.954. The van der Waals surface area contributed by atoms with E-state index >= 15 is 0 Å². The summed E-state index contributed by atoms with van der Waals surface area (Å²) in [5.41, 5.74) is 5.85. The standard InChI is InChI=1S/C8H12N2O2/c1-3-10(2)8(11)6-4-5-12-7(6)9/h4-5H,3,9H2,1-2H3. The van der Waals surface area contributed by atoms with E-state index < -0.39 is 0 Å². The number of carbonyl (C=O) groups excluding carboxylic acids is 1. The number of nitrogens with zero attached hydrogens (tertiary/aromatic N) is 1. The van der Waals surface area contributed by atoms with Crippen molar-refractivity contribution >= 4 is 11.8 Å². The second-order valence-corrected chi connectivity index (χ2v) is 2.52. The number of nitrogens with two attached hydrogens (primary N) is 1. The maximum absolute atomic E-state index is 11.4. The number of carbonyl (C=O) groups is 1. The molecule has 0 unspecified atom stereocenters. The SMILES string of the molecule is CCN(C)C(=O)c1ccoc1N. The van der Waals surface area contributed by atoms with Crippen molar-refractivity contribution in [2.24, 2.45) is 0 Å². The number of hydrogen-bond donors (Lipinski definition) is 1. The van der Waals surface area contributed by atoms with E-state index in [1.807, 2.05) is 6.92 Å². The minimum atomic E-state index is -0.108. The topological polar surface area (TPSA) is 59.5 Å². The van der Waals surface area contributed by atoms with E-state index in [1.54, 1.807) is 18.0 Å². The summed E-state index contributed by atoms with van der Waals surface area (Å²) in [6.45, 7) is 2.55. The Morgan fingerprint density at radius 1 is 1.75 bits per heavy atom. The van der Waals surface area contributed by atoms with E-state index in [0.29, 0.717) is 12.1 Å². The van der Waals surface area contributed by atoms with Crippen molar-refractivity contribution in [2.45, 2.75) is 6.92 Å². The van der Waals surface area contributed by atoms with E-state index in [-0.39, 0.29) is 11.8 Å². The van der Waals surface area contributed by atoms with Crippen molar-refractivity contribution < 1.29 is 9.21 Å². The molecule has 0 radical (unpaired) electrons. The number of furan rings is 1. The normalized spacial score (nSPS) is 9.83. The van der Waals surface area contributed by atoms with Crippen LogP contribution in [0, 0.1) is 0 Å². The molecule has 0 spiro atoms. The van der Waals surface area contributed by atoms with Gasteiger partial charge < -0.3 is 15.1 Å². The minimum absolute atomic E-state index is 0.108. The number of anilines is 1. The van der Waals surface area contributed by atoms with Crippen molar-refractivity contribution in [3.63, 3.8) is 0 Å². The lowest BCUT2D eigenvalue weighted by molar-refractivity contribution is 0.0803. The zero-order valence-corrected chi connectivity index (χ0v) is 7.20. The van der Waals surface area contributed by atoms with Gasteiger partial charge in [-0.2, -0.15) is 0 Å². The molecule has 66 valence electrons. The molecule has 0 aliphatic rings. The van der Waals surface area contributed by atoms with Crippen LogP contribution in [0.3, 0.4) is 0 Å². The van der Waals surface area contributed by atoms with Gasteiger partial charge in [0.15, 0.2) is 0 Å². The molecule has 0 atom stereocenters. The summed E-state index contributed by atoms with van der Waals surface area (Å²) < 4.78 is 4.81. The van der Waals surface area contributed by atoms with Gasteiger partial charge in [0.2, 0.25) is 5.88 Å². The number of nitrogen functional groups attached to an aromatic ring is 1. The van der Waals surface area contributed by atoms with Crippen LogP contribution >= 0.6 is 0 Å². The molecular weight excluding hydrogens is 156 g/mol. The fourth-order valence-corrected chi connectivity index (χ4v) is 0.847. The van der Waals surface area contributed by atoms with Gasteiger partial charge in [-0.25, -0.2) is 0 Å². The molecule has 12 heavy (non-hydrogen) atoms. The quantitative estimate of drug-likeness (QED) is 0.715. The molecule has 0 fully saturated rings. The summed E-state index contributed by atoms with van der Waals surface area (Å²) in [7, 11) is 1.72. The van der Waals surface area contributed by atoms with E-state index in [2.05, 4.69) is 0 Å². The lowest BCUT2D eigenvalue weighted by Gasteiger charge is -2.12. The minimum Gasteiger partial charge on any atom is -0.448 e. The third kappa shape index (κ3) is 1.42. The maximum Gasteiger partial charge on any atom is 0.259 e. The van der Waals surface area contributed by atoms with Crippen LogP contribution in [0.25, 0.3) is 0 Å². The molecule has 0 aliphatic heterocycles. The Balaban J connectivity index is 2.85. The van der Waals surface area contributed by atoms with Crippen LogP contribution < -0.4 is 5.73 Å². The van der Waals surface area contributed by atoms with Gasteiger partial charge in [0.05, 0.1) is 6.26 Å². The average molecular weight is 168 g/mol.